The van der Waals surface area contributed by atoms with Crippen molar-refractivity contribution in [2.75, 3.05) is 5.32 Å². The third-order valence-corrected chi connectivity index (χ3v) is 5.52. The molecule has 0 aliphatic carbocycles. The number of nitrogens with zero attached hydrogens (tertiary/aromatic N) is 1. The minimum absolute atomic E-state index is 0.0823. The molecule has 3 N–H and O–H groups in total. The Morgan fingerprint density at radius 2 is 2.04 bits per heavy atom. The van der Waals surface area contributed by atoms with Crippen molar-refractivity contribution in [3.8, 4) is 0 Å². The molecule has 1 aromatic heterocycles. The lowest BCUT2D eigenvalue weighted by Gasteiger charge is -2.10. The monoisotopic (exact) mass is 379 g/mol. The molecule has 0 bridgehead atoms. The number of benzene rings is 1. The summed E-state index contributed by atoms with van der Waals surface area (Å²) in [5.74, 6) is -0.624. The summed E-state index contributed by atoms with van der Waals surface area (Å²) in [4.78, 5) is 15.3. The maximum absolute atomic E-state index is 12.6. The van der Waals surface area contributed by atoms with E-state index in [9.17, 15) is 26.4 Å². The van der Waals surface area contributed by atoms with Crippen molar-refractivity contribution >= 4 is 32.8 Å². The third kappa shape index (κ3) is 3.74. The summed E-state index contributed by atoms with van der Waals surface area (Å²) in [6.07, 6.45) is 1.29. The van der Waals surface area contributed by atoms with Crippen molar-refractivity contribution in [3.63, 3.8) is 0 Å². The second-order valence-electron chi connectivity index (χ2n) is 4.78. The minimum atomic E-state index is -5.48. The smallest absolute Gasteiger partial charge is 0.322 e. The Kier molecular flexibility index (Phi) is 4.97. The molecule has 24 heavy (non-hydrogen) atoms. The largest absolute Gasteiger partial charge is 0.501 e. The van der Waals surface area contributed by atoms with Gasteiger partial charge in [-0.1, -0.05) is 6.07 Å². The second-order valence-corrected chi connectivity index (χ2v) is 7.79. The van der Waals surface area contributed by atoms with Gasteiger partial charge in [-0.2, -0.15) is 13.2 Å². The van der Waals surface area contributed by atoms with Crippen molar-refractivity contribution in [3.05, 3.63) is 40.3 Å². The van der Waals surface area contributed by atoms with Gasteiger partial charge in [0.2, 0.25) is 0 Å². The summed E-state index contributed by atoms with van der Waals surface area (Å²) < 4.78 is 60.4. The highest BCUT2D eigenvalue weighted by molar-refractivity contribution is 7.92. The van der Waals surface area contributed by atoms with Crippen LogP contribution < -0.4 is 11.1 Å². The Balaban J connectivity index is 2.25. The zero-order valence-corrected chi connectivity index (χ0v) is 13.8. The SMILES string of the molecule is CC(N)c1ncc(C(=O)Nc2cccc(S(=O)(=O)C(F)(F)F)c2)s1. The lowest BCUT2D eigenvalue weighted by molar-refractivity contribution is -0.0436. The van der Waals surface area contributed by atoms with Gasteiger partial charge in [-0.15, -0.1) is 11.3 Å². The van der Waals surface area contributed by atoms with Gasteiger partial charge in [-0.25, -0.2) is 13.4 Å². The number of nitrogens with one attached hydrogen (secondary N) is 1. The van der Waals surface area contributed by atoms with E-state index in [2.05, 4.69) is 10.3 Å². The zero-order valence-electron chi connectivity index (χ0n) is 12.2. The molecule has 1 aromatic carbocycles. The first-order chi connectivity index (χ1) is 11.0. The maximum Gasteiger partial charge on any atom is 0.501 e. The Hall–Kier alpha value is -1.98. The highest BCUT2D eigenvalue weighted by atomic mass is 32.2. The fourth-order valence-corrected chi connectivity index (χ4v) is 3.24. The molecule has 0 saturated carbocycles. The number of halogens is 3. The molecule has 6 nitrogen and oxygen atoms in total. The maximum atomic E-state index is 12.6. The average Bonchev–Trinajstić information content (AvgIpc) is 2.96. The first kappa shape index (κ1) is 18.4. The van der Waals surface area contributed by atoms with Crippen LogP contribution in [0.25, 0.3) is 0 Å². The van der Waals surface area contributed by atoms with Gasteiger partial charge in [-0.3, -0.25) is 4.79 Å². The molecule has 0 aliphatic heterocycles. The van der Waals surface area contributed by atoms with Gasteiger partial charge >= 0.3 is 5.51 Å². The summed E-state index contributed by atoms with van der Waals surface area (Å²) in [6.45, 7) is 1.69. The predicted molar refractivity (Wildman–Crippen MR) is 82.4 cm³/mol. The number of anilines is 1. The van der Waals surface area contributed by atoms with Crippen LogP contribution in [0.5, 0.6) is 0 Å². The topological polar surface area (TPSA) is 102 Å². The lowest BCUT2D eigenvalue weighted by atomic mass is 10.3. The van der Waals surface area contributed by atoms with Crippen LogP contribution >= 0.6 is 11.3 Å². The number of hydrogen-bond acceptors (Lipinski definition) is 6. The summed E-state index contributed by atoms with van der Waals surface area (Å²) in [5, 5.41) is 2.86. The Labute approximate surface area is 139 Å². The number of aromatic nitrogens is 1. The number of hydrogen-bond donors (Lipinski definition) is 2. The fraction of sp³-hybridized carbons (Fsp3) is 0.231. The standard InChI is InChI=1S/C13H12F3N3O3S2/c1-7(17)12-18-6-10(23-12)11(20)19-8-3-2-4-9(5-8)24(21,22)13(14,15)16/h2-7H,17H2,1H3,(H,19,20). The number of carbonyl (C=O) groups excluding carboxylic acids is 1. The van der Waals surface area contributed by atoms with Crippen LogP contribution in [0.4, 0.5) is 18.9 Å². The molecule has 2 aromatic rings. The number of nitrogens with two attached hydrogens (primary N) is 1. The van der Waals surface area contributed by atoms with Gasteiger partial charge in [0.25, 0.3) is 15.7 Å². The highest BCUT2D eigenvalue weighted by Gasteiger charge is 2.46. The summed E-state index contributed by atoms with van der Waals surface area (Å²) in [7, 11) is -5.48. The number of carbonyl (C=O) groups is 1. The van der Waals surface area contributed by atoms with E-state index in [0.717, 1.165) is 29.5 Å². The van der Waals surface area contributed by atoms with Crippen LogP contribution in [0.2, 0.25) is 0 Å². The Bertz CT molecular complexity index is 861. The number of rotatable bonds is 4. The van der Waals surface area contributed by atoms with Gasteiger partial charge in [0.05, 0.1) is 17.1 Å². The van der Waals surface area contributed by atoms with Crippen molar-refractivity contribution in [2.24, 2.45) is 5.73 Å². The predicted octanol–water partition coefficient (Wildman–Crippen LogP) is 2.71. The van der Waals surface area contributed by atoms with Crippen LogP contribution in [0.1, 0.15) is 27.6 Å². The van der Waals surface area contributed by atoms with Gasteiger partial charge < -0.3 is 11.1 Å². The van der Waals surface area contributed by atoms with Crippen molar-refractivity contribution in [1.29, 1.82) is 0 Å². The summed E-state index contributed by atoms with van der Waals surface area (Å²) in [5.41, 5.74) is 0.132. The molecule has 1 unspecified atom stereocenters. The van der Waals surface area contributed by atoms with Crippen molar-refractivity contribution < 1.29 is 26.4 Å². The van der Waals surface area contributed by atoms with Crippen LogP contribution in [-0.2, 0) is 9.84 Å². The molecule has 1 heterocycles. The van der Waals surface area contributed by atoms with Gasteiger partial charge in [0, 0.05) is 5.69 Å². The molecule has 0 spiro atoms. The number of alkyl halides is 3. The minimum Gasteiger partial charge on any atom is -0.322 e. The molecule has 11 heteroatoms. The third-order valence-electron chi connectivity index (χ3n) is 2.84. The molecular weight excluding hydrogens is 367 g/mol. The molecule has 1 atom stereocenters. The van der Waals surface area contributed by atoms with E-state index >= 15 is 0 Å². The van der Waals surface area contributed by atoms with Crippen LogP contribution in [0.15, 0.2) is 35.4 Å². The fourth-order valence-electron chi connectivity index (χ4n) is 1.67. The second kappa shape index (κ2) is 6.49. The van der Waals surface area contributed by atoms with Gasteiger partial charge in [0.1, 0.15) is 9.88 Å². The number of thiazole rings is 1. The Morgan fingerprint density at radius 1 is 1.38 bits per heavy atom. The van der Waals surface area contributed by atoms with E-state index in [4.69, 9.17) is 5.73 Å². The lowest BCUT2D eigenvalue weighted by Crippen LogP contribution is -2.23. The molecule has 0 aliphatic rings. The molecular formula is C13H12F3N3O3S2. The van der Waals surface area contributed by atoms with Crippen LogP contribution in [0, 0.1) is 0 Å². The molecule has 130 valence electrons. The number of amides is 1. The van der Waals surface area contributed by atoms with Gasteiger partial charge in [0.15, 0.2) is 0 Å². The van der Waals surface area contributed by atoms with E-state index in [0.29, 0.717) is 5.01 Å². The highest BCUT2D eigenvalue weighted by Crippen LogP contribution is 2.31. The normalized spacial score (nSPS) is 13.5. The molecule has 0 saturated heterocycles. The van der Waals surface area contributed by atoms with Crippen molar-refractivity contribution in [2.45, 2.75) is 23.4 Å². The van der Waals surface area contributed by atoms with E-state index in [1.165, 1.54) is 12.3 Å². The van der Waals surface area contributed by atoms with Gasteiger partial charge in [-0.05, 0) is 25.1 Å². The molecule has 0 radical (unpaired) electrons. The summed E-state index contributed by atoms with van der Waals surface area (Å²) >= 11 is 1.04. The van der Waals surface area contributed by atoms with Crippen LogP contribution in [-0.4, -0.2) is 24.8 Å². The Morgan fingerprint density at radius 3 is 2.58 bits per heavy atom. The zero-order chi connectivity index (χ0) is 18.1. The summed E-state index contributed by atoms with van der Waals surface area (Å²) in [6, 6.07) is 3.57. The van der Waals surface area contributed by atoms with Crippen molar-refractivity contribution in [1.82, 2.24) is 4.98 Å². The average molecular weight is 379 g/mol. The molecule has 2 rings (SSSR count). The van der Waals surface area contributed by atoms with E-state index in [1.54, 1.807) is 6.92 Å². The first-order valence-corrected chi connectivity index (χ1v) is 8.76. The van der Waals surface area contributed by atoms with E-state index < -0.39 is 26.1 Å². The van der Waals surface area contributed by atoms with Crippen LogP contribution in [0.3, 0.4) is 0 Å². The molecule has 0 fully saturated rings. The van der Waals surface area contributed by atoms with E-state index in [-0.39, 0.29) is 16.6 Å². The molecule has 1 amide bonds. The number of sulfone groups is 1. The van der Waals surface area contributed by atoms with E-state index in [1.807, 2.05) is 0 Å². The quantitative estimate of drug-likeness (QED) is 0.850. The first-order valence-electron chi connectivity index (χ1n) is 6.46.